The predicted molar refractivity (Wildman–Crippen MR) is 149 cm³/mol. The first-order valence-corrected chi connectivity index (χ1v) is 14.7. The summed E-state index contributed by atoms with van der Waals surface area (Å²) in [5.41, 5.74) is 2.08. The lowest BCUT2D eigenvalue weighted by Gasteiger charge is -2.37. The monoisotopic (exact) mass is 619 g/mol. The van der Waals surface area contributed by atoms with Gasteiger partial charge in [0, 0.05) is 45.1 Å². The van der Waals surface area contributed by atoms with Crippen molar-refractivity contribution in [2.24, 2.45) is 0 Å². The number of piperidine rings is 1. The van der Waals surface area contributed by atoms with Crippen molar-refractivity contribution in [2.45, 2.75) is 69.4 Å². The number of anilines is 2. The van der Waals surface area contributed by atoms with E-state index in [4.69, 9.17) is 29.4 Å². The summed E-state index contributed by atoms with van der Waals surface area (Å²) in [6.07, 6.45) is 9.96. The molecular formula is C26H34IN7O3. The van der Waals surface area contributed by atoms with Crippen LogP contribution < -0.4 is 9.80 Å². The number of halogens is 1. The van der Waals surface area contributed by atoms with Crippen molar-refractivity contribution >= 4 is 45.1 Å². The zero-order chi connectivity index (χ0) is 24.9. The molecular weight excluding hydrogens is 585 g/mol. The van der Waals surface area contributed by atoms with Gasteiger partial charge in [-0.15, -0.1) is 0 Å². The molecule has 4 fully saturated rings. The number of nitrogens with zero attached hydrogens (tertiary/aromatic N) is 7. The summed E-state index contributed by atoms with van der Waals surface area (Å²) < 4.78 is 22.3. The highest BCUT2D eigenvalue weighted by atomic mass is 127. The molecule has 0 amide bonds. The maximum atomic E-state index is 5.97. The number of fused-ring (bicyclic) bond motifs is 3. The molecule has 0 radical (unpaired) electrons. The molecule has 2 bridgehead atoms. The predicted octanol–water partition coefficient (Wildman–Crippen LogP) is 3.90. The molecule has 4 aliphatic heterocycles. The highest BCUT2D eigenvalue weighted by molar-refractivity contribution is 14.1. The number of methoxy groups -OCH3 is 1. The summed E-state index contributed by atoms with van der Waals surface area (Å²) in [5.74, 6) is 1.81. The second-order valence-corrected chi connectivity index (χ2v) is 11.6. The Bertz CT molecular complexity index is 1250. The van der Waals surface area contributed by atoms with Crippen molar-refractivity contribution in [3.63, 3.8) is 0 Å². The van der Waals surface area contributed by atoms with Crippen LogP contribution in [0, 0.1) is 3.70 Å². The highest BCUT2D eigenvalue weighted by Crippen LogP contribution is 2.40. The van der Waals surface area contributed by atoms with Crippen LogP contribution in [0.5, 0.6) is 0 Å². The third-order valence-corrected chi connectivity index (χ3v) is 9.20. The smallest absolute Gasteiger partial charge is 0.177 e. The largest absolute Gasteiger partial charge is 0.381 e. The van der Waals surface area contributed by atoms with E-state index in [1.54, 1.807) is 0 Å². The number of rotatable bonds is 5. The van der Waals surface area contributed by atoms with Gasteiger partial charge in [-0.05, 0) is 67.5 Å². The number of aromatic nitrogens is 5. The summed E-state index contributed by atoms with van der Waals surface area (Å²) in [6, 6.07) is 5.09. The topological polar surface area (TPSA) is 82.7 Å². The molecule has 0 saturated carbocycles. The minimum absolute atomic E-state index is 0.00599. The summed E-state index contributed by atoms with van der Waals surface area (Å²) in [4.78, 5) is 10.3. The second-order valence-electron chi connectivity index (χ2n) is 10.6. The molecule has 7 heterocycles. The standard InChI is InChI=1S/C26H34IN7O3/c1-35-19-7-10-31(11-8-19)20-14-22(33-17-5-6-18(33)16-36-15-17)28-26-24(20)25(27)30-34(26)21-9-12-32(29-21)23-4-2-3-13-37-23/h9,12,14,17-19,23H,2-8,10-11,13,15-16H2,1H3. The van der Waals surface area contributed by atoms with Gasteiger partial charge in [0.05, 0.1) is 42.5 Å². The molecule has 37 heavy (non-hydrogen) atoms. The first-order chi connectivity index (χ1) is 18.2. The van der Waals surface area contributed by atoms with E-state index in [2.05, 4.69) is 38.5 Å². The summed E-state index contributed by atoms with van der Waals surface area (Å²) in [6.45, 7) is 4.25. The maximum Gasteiger partial charge on any atom is 0.177 e. The maximum absolute atomic E-state index is 5.97. The fraction of sp³-hybridized carbons (Fsp3) is 0.654. The number of pyridine rings is 1. The second kappa shape index (κ2) is 9.97. The van der Waals surface area contributed by atoms with Gasteiger partial charge in [0.25, 0.3) is 0 Å². The molecule has 3 aromatic rings. The zero-order valence-electron chi connectivity index (χ0n) is 21.3. The molecule has 11 heteroatoms. The third kappa shape index (κ3) is 4.31. The first kappa shape index (κ1) is 24.1. The third-order valence-electron chi connectivity index (χ3n) is 8.44. The van der Waals surface area contributed by atoms with Crippen molar-refractivity contribution in [2.75, 3.05) is 49.8 Å². The summed E-state index contributed by atoms with van der Waals surface area (Å²) in [5, 5.41) is 11.0. The van der Waals surface area contributed by atoms with E-state index in [1.165, 1.54) is 12.1 Å². The lowest BCUT2D eigenvalue weighted by atomic mass is 10.1. The van der Waals surface area contributed by atoms with Crippen LogP contribution in [0.25, 0.3) is 16.9 Å². The average Bonchev–Trinajstić information content (AvgIpc) is 3.63. The van der Waals surface area contributed by atoms with E-state index in [0.29, 0.717) is 18.2 Å². The zero-order valence-corrected chi connectivity index (χ0v) is 23.4. The van der Waals surface area contributed by atoms with E-state index in [9.17, 15) is 0 Å². The van der Waals surface area contributed by atoms with Crippen LogP contribution in [0.15, 0.2) is 18.3 Å². The number of ether oxygens (including phenoxy) is 3. The lowest BCUT2D eigenvalue weighted by molar-refractivity contribution is -0.0395. The molecule has 0 N–H and O–H groups in total. The van der Waals surface area contributed by atoms with Gasteiger partial charge in [-0.25, -0.2) is 9.67 Å². The molecule has 0 aromatic carbocycles. The van der Waals surface area contributed by atoms with Crippen LogP contribution >= 0.6 is 22.6 Å². The van der Waals surface area contributed by atoms with Gasteiger partial charge in [0.2, 0.25) is 0 Å². The normalized spacial score (nSPS) is 26.9. The minimum Gasteiger partial charge on any atom is -0.381 e. The molecule has 7 rings (SSSR count). The summed E-state index contributed by atoms with van der Waals surface area (Å²) in [7, 11) is 1.82. The van der Waals surface area contributed by atoms with Gasteiger partial charge in [-0.3, -0.25) is 0 Å². The molecule has 0 spiro atoms. The van der Waals surface area contributed by atoms with Gasteiger partial charge >= 0.3 is 0 Å². The van der Waals surface area contributed by atoms with E-state index in [1.807, 2.05) is 28.7 Å². The Morgan fingerprint density at radius 2 is 1.81 bits per heavy atom. The molecule has 4 saturated heterocycles. The average molecular weight is 620 g/mol. The SMILES string of the molecule is COC1CCN(c2cc(N3C4CCC3COC4)nc3c2c(I)nn3-c2ccn(C3CCCCO3)n2)CC1. The van der Waals surface area contributed by atoms with E-state index < -0.39 is 0 Å². The van der Waals surface area contributed by atoms with Gasteiger partial charge in [0.15, 0.2) is 11.5 Å². The fourth-order valence-electron chi connectivity index (χ4n) is 6.45. The van der Waals surface area contributed by atoms with Crippen molar-refractivity contribution in [1.82, 2.24) is 24.5 Å². The van der Waals surface area contributed by atoms with Gasteiger partial charge < -0.3 is 24.0 Å². The van der Waals surface area contributed by atoms with Crippen molar-refractivity contribution in [3.05, 3.63) is 22.0 Å². The van der Waals surface area contributed by atoms with Crippen LogP contribution in [0.1, 0.15) is 51.2 Å². The van der Waals surface area contributed by atoms with Gasteiger partial charge in [0.1, 0.15) is 15.7 Å². The Balaban J connectivity index is 1.33. The van der Waals surface area contributed by atoms with Crippen LogP contribution in [-0.2, 0) is 14.2 Å². The molecule has 3 atom stereocenters. The van der Waals surface area contributed by atoms with Crippen LogP contribution in [0.2, 0.25) is 0 Å². The first-order valence-electron chi connectivity index (χ1n) is 13.6. The van der Waals surface area contributed by atoms with E-state index in [0.717, 1.165) is 97.8 Å². The molecule has 3 unspecified atom stereocenters. The number of morpholine rings is 1. The minimum atomic E-state index is -0.00599. The Hall–Kier alpha value is -1.96. The van der Waals surface area contributed by atoms with Crippen LogP contribution in [-0.4, -0.2) is 82.8 Å². The molecule has 198 valence electrons. The van der Waals surface area contributed by atoms with Crippen LogP contribution in [0.4, 0.5) is 11.5 Å². The Morgan fingerprint density at radius 1 is 1.00 bits per heavy atom. The fourth-order valence-corrected chi connectivity index (χ4v) is 7.19. The molecule has 0 aliphatic carbocycles. The van der Waals surface area contributed by atoms with Crippen molar-refractivity contribution in [1.29, 1.82) is 0 Å². The number of hydrogen-bond acceptors (Lipinski definition) is 8. The van der Waals surface area contributed by atoms with Gasteiger partial charge in [-0.2, -0.15) is 14.9 Å². The number of hydrogen-bond donors (Lipinski definition) is 0. The van der Waals surface area contributed by atoms with E-state index >= 15 is 0 Å². The van der Waals surface area contributed by atoms with Crippen molar-refractivity contribution in [3.8, 4) is 5.82 Å². The quantitative estimate of drug-likeness (QED) is 0.398. The molecule has 4 aliphatic rings. The molecule has 3 aromatic heterocycles. The summed E-state index contributed by atoms with van der Waals surface area (Å²) >= 11 is 2.36. The lowest BCUT2D eigenvalue weighted by Crippen LogP contribution is -2.46. The highest BCUT2D eigenvalue weighted by Gasteiger charge is 2.39. The Morgan fingerprint density at radius 3 is 2.54 bits per heavy atom. The van der Waals surface area contributed by atoms with Gasteiger partial charge in [-0.1, -0.05) is 0 Å². The Kier molecular flexibility index (Phi) is 6.50. The Labute approximate surface area is 230 Å². The molecule has 10 nitrogen and oxygen atoms in total. The van der Waals surface area contributed by atoms with Crippen molar-refractivity contribution < 1.29 is 14.2 Å². The van der Waals surface area contributed by atoms with Crippen LogP contribution in [0.3, 0.4) is 0 Å². The van der Waals surface area contributed by atoms with E-state index in [-0.39, 0.29) is 6.23 Å².